The van der Waals surface area contributed by atoms with Crippen LogP contribution in [-0.2, 0) is 33.3 Å². The third kappa shape index (κ3) is 14.0. The summed E-state index contributed by atoms with van der Waals surface area (Å²) in [7, 11) is 0. The van der Waals surface area contributed by atoms with E-state index in [0.29, 0.717) is 23.8 Å². The van der Waals surface area contributed by atoms with Crippen molar-refractivity contribution in [1.82, 2.24) is 10.6 Å². The number of hydrogen-bond acceptors (Lipinski definition) is 9. The maximum atomic E-state index is 12.8. The van der Waals surface area contributed by atoms with Gasteiger partial charge < -0.3 is 34.3 Å². The standard InChI is InChI=1S/C35H50N2O9/c1-24(2)32(38)42-19-20-43-34(40)36-28-15-11-26(12-16-28)21-27-13-17-29(18-14-27)37-35(41)46-31(23-45-33(39)25(3)4)22-44-30-9-7-5-6-8-10-30/h5-9,26-29,31H,1,3,10-23H2,2,4H3,(H,36,40)(H,37,41). The van der Waals surface area contributed by atoms with Crippen LogP contribution in [0.25, 0.3) is 0 Å². The lowest BCUT2D eigenvalue weighted by Gasteiger charge is -2.34. The van der Waals surface area contributed by atoms with Gasteiger partial charge in [-0.25, -0.2) is 19.2 Å². The number of nitrogens with one attached hydrogen (secondary N) is 2. The average molecular weight is 643 g/mol. The Morgan fingerprint density at radius 2 is 1.30 bits per heavy atom. The van der Waals surface area contributed by atoms with E-state index in [1.165, 1.54) is 0 Å². The van der Waals surface area contributed by atoms with E-state index in [0.717, 1.165) is 63.5 Å². The van der Waals surface area contributed by atoms with E-state index in [1.54, 1.807) is 13.8 Å². The molecular weight excluding hydrogens is 592 g/mol. The van der Waals surface area contributed by atoms with E-state index < -0.39 is 30.2 Å². The molecule has 3 rings (SSSR count). The number of allylic oxidation sites excluding steroid dienone is 5. The molecule has 0 bridgehead atoms. The van der Waals surface area contributed by atoms with Crippen LogP contribution in [0.1, 0.15) is 78.1 Å². The van der Waals surface area contributed by atoms with Gasteiger partial charge in [-0.1, -0.05) is 37.5 Å². The molecule has 2 amide bonds. The molecule has 2 saturated carbocycles. The highest BCUT2D eigenvalue weighted by Crippen LogP contribution is 2.35. The minimum absolute atomic E-state index is 0.00215. The smallest absolute Gasteiger partial charge is 0.407 e. The summed E-state index contributed by atoms with van der Waals surface area (Å²) in [5.41, 5.74) is 0.572. The average Bonchev–Trinajstić information content (AvgIpc) is 3.31. The molecule has 0 aromatic heterocycles. The summed E-state index contributed by atoms with van der Waals surface area (Å²) < 4.78 is 26.8. The van der Waals surface area contributed by atoms with Crippen molar-refractivity contribution in [3.63, 3.8) is 0 Å². The fraction of sp³-hybridized carbons (Fsp3) is 0.600. The van der Waals surface area contributed by atoms with E-state index in [2.05, 4.69) is 23.8 Å². The normalized spacial score (nSPS) is 23.0. The molecule has 2 fully saturated rings. The first-order chi connectivity index (χ1) is 22.1. The fourth-order valence-corrected chi connectivity index (χ4v) is 5.78. The summed E-state index contributed by atoms with van der Waals surface area (Å²) in [6.45, 7) is 10.2. The topological polar surface area (TPSA) is 138 Å². The van der Waals surface area contributed by atoms with Crippen molar-refractivity contribution >= 4 is 24.1 Å². The van der Waals surface area contributed by atoms with Gasteiger partial charge in [-0.05, 0) is 89.5 Å². The van der Waals surface area contributed by atoms with Gasteiger partial charge in [-0.3, -0.25) is 0 Å². The van der Waals surface area contributed by atoms with Crippen LogP contribution in [0.3, 0.4) is 0 Å². The number of alkyl carbamates (subject to hydrolysis) is 2. The predicted octanol–water partition coefficient (Wildman–Crippen LogP) is 5.97. The molecule has 254 valence electrons. The first-order valence-corrected chi connectivity index (χ1v) is 16.3. The summed E-state index contributed by atoms with van der Waals surface area (Å²) in [5.74, 6) is 0.905. The molecule has 1 unspecified atom stereocenters. The Morgan fingerprint density at radius 3 is 1.91 bits per heavy atom. The Bertz CT molecular complexity index is 1160. The van der Waals surface area contributed by atoms with Crippen molar-refractivity contribution in [3.05, 3.63) is 60.4 Å². The summed E-state index contributed by atoms with van der Waals surface area (Å²) in [6.07, 6.45) is 17.2. The highest BCUT2D eigenvalue weighted by atomic mass is 16.6. The lowest BCUT2D eigenvalue weighted by atomic mass is 9.76. The molecule has 0 aromatic carbocycles. The molecule has 3 aliphatic carbocycles. The quantitative estimate of drug-likeness (QED) is 0.0957. The number of carbonyl (C=O) groups is 4. The van der Waals surface area contributed by atoms with Crippen LogP contribution < -0.4 is 10.6 Å². The zero-order valence-electron chi connectivity index (χ0n) is 27.3. The molecule has 0 aromatic rings. The molecular formula is C35H50N2O9. The van der Waals surface area contributed by atoms with Crippen LogP contribution in [0, 0.1) is 11.8 Å². The Kier molecular flexibility index (Phi) is 15.4. The minimum atomic E-state index is -0.769. The second-order valence-corrected chi connectivity index (χ2v) is 12.4. The van der Waals surface area contributed by atoms with Gasteiger partial charge >= 0.3 is 24.1 Å². The van der Waals surface area contributed by atoms with E-state index in [9.17, 15) is 19.2 Å². The van der Waals surface area contributed by atoms with Crippen LogP contribution in [0.4, 0.5) is 9.59 Å². The Morgan fingerprint density at radius 1 is 0.739 bits per heavy atom. The predicted molar refractivity (Wildman–Crippen MR) is 172 cm³/mol. The lowest BCUT2D eigenvalue weighted by Crippen LogP contribution is -2.41. The van der Waals surface area contributed by atoms with Crippen LogP contribution in [0.2, 0.25) is 0 Å². The zero-order valence-corrected chi connectivity index (χ0v) is 27.3. The molecule has 2 N–H and O–H groups in total. The van der Waals surface area contributed by atoms with Gasteiger partial charge in [0.05, 0.1) is 5.76 Å². The number of hydrogen-bond donors (Lipinski definition) is 2. The summed E-state index contributed by atoms with van der Waals surface area (Å²) in [5, 5.41) is 5.91. The van der Waals surface area contributed by atoms with Crippen molar-refractivity contribution in [2.75, 3.05) is 26.4 Å². The second kappa shape index (κ2) is 19.5. The van der Waals surface area contributed by atoms with E-state index >= 15 is 0 Å². The van der Waals surface area contributed by atoms with E-state index in [4.69, 9.17) is 23.7 Å². The van der Waals surface area contributed by atoms with Gasteiger partial charge in [-0.15, -0.1) is 0 Å². The molecule has 1 atom stereocenters. The number of ether oxygens (including phenoxy) is 5. The molecule has 0 radical (unpaired) electrons. The van der Waals surface area contributed by atoms with Crippen molar-refractivity contribution in [2.45, 2.75) is 96.2 Å². The van der Waals surface area contributed by atoms with Gasteiger partial charge in [0, 0.05) is 29.7 Å². The van der Waals surface area contributed by atoms with Gasteiger partial charge in [0.2, 0.25) is 0 Å². The largest absolute Gasteiger partial charge is 0.494 e. The van der Waals surface area contributed by atoms with Gasteiger partial charge in [0.1, 0.15) is 26.4 Å². The summed E-state index contributed by atoms with van der Waals surface area (Å²) in [4.78, 5) is 48.2. The van der Waals surface area contributed by atoms with Crippen molar-refractivity contribution in [3.8, 4) is 0 Å². The van der Waals surface area contributed by atoms with E-state index in [-0.39, 0.29) is 44.1 Å². The van der Waals surface area contributed by atoms with Crippen molar-refractivity contribution in [2.24, 2.45) is 11.8 Å². The third-order valence-corrected chi connectivity index (χ3v) is 8.34. The zero-order chi connectivity index (χ0) is 33.3. The molecule has 11 heteroatoms. The fourth-order valence-electron chi connectivity index (χ4n) is 5.78. The van der Waals surface area contributed by atoms with Crippen LogP contribution in [-0.4, -0.2) is 68.7 Å². The van der Waals surface area contributed by atoms with Crippen LogP contribution in [0.5, 0.6) is 0 Å². The summed E-state index contributed by atoms with van der Waals surface area (Å²) >= 11 is 0. The molecule has 0 heterocycles. The Balaban J connectivity index is 1.32. The van der Waals surface area contributed by atoms with Crippen LogP contribution in [0.15, 0.2) is 60.4 Å². The van der Waals surface area contributed by atoms with Crippen molar-refractivity contribution in [1.29, 1.82) is 0 Å². The number of amides is 2. The molecule has 0 aliphatic heterocycles. The highest BCUT2D eigenvalue weighted by Gasteiger charge is 2.29. The van der Waals surface area contributed by atoms with Crippen LogP contribution >= 0.6 is 0 Å². The van der Waals surface area contributed by atoms with Gasteiger partial charge in [-0.2, -0.15) is 0 Å². The number of carbonyl (C=O) groups excluding carboxylic acids is 4. The highest BCUT2D eigenvalue weighted by molar-refractivity contribution is 5.87. The van der Waals surface area contributed by atoms with Crippen molar-refractivity contribution < 1.29 is 42.9 Å². The first kappa shape index (κ1) is 36.4. The number of rotatable bonds is 15. The molecule has 0 spiro atoms. The third-order valence-electron chi connectivity index (χ3n) is 8.34. The lowest BCUT2D eigenvalue weighted by molar-refractivity contribution is -0.143. The maximum absolute atomic E-state index is 12.8. The molecule has 0 saturated heterocycles. The monoisotopic (exact) mass is 642 g/mol. The minimum Gasteiger partial charge on any atom is -0.494 e. The molecule has 46 heavy (non-hydrogen) atoms. The Hall–Kier alpha value is -4.02. The van der Waals surface area contributed by atoms with E-state index in [1.807, 2.05) is 30.4 Å². The maximum Gasteiger partial charge on any atom is 0.407 e. The van der Waals surface area contributed by atoms with Gasteiger partial charge in [0.15, 0.2) is 6.10 Å². The second-order valence-electron chi connectivity index (χ2n) is 12.4. The summed E-state index contributed by atoms with van der Waals surface area (Å²) in [6, 6.07) is 0.113. The van der Waals surface area contributed by atoms with Gasteiger partial charge in [0.25, 0.3) is 0 Å². The molecule has 11 nitrogen and oxygen atoms in total. The molecule has 3 aliphatic rings. The first-order valence-electron chi connectivity index (χ1n) is 16.3. The number of esters is 2. The Labute approximate surface area is 272 Å². The SMILES string of the molecule is C=C(C)C(=O)OCCOC(=O)NC1CCC(CC2CCC(NC(=O)OC(COC(=O)C(=C)C)COC3=CC=CC=CC3)CC2)CC1.